The summed E-state index contributed by atoms with van der Waals surface area (Å²) in [4.78, 5) is 2.51. The van der Waals surface area contributed by atoms with Crippen molar-refractivity contribution in [2.75, 3.05) is 33.9 Å². The summed E-state index contributed by atoms with van der Waals surface area (Å²) in [6.45, 7) is 5.41. The van der Waals surface area contributed by atoms with Crippen molar-refractivity contribution in [1.29, 1.82) is 0 Å². The topological polar surface area (TPSA) is 21.7 Å². The van der Waals surface area contributed by atoms with Crippen LogP contribution in [0.1, 0.15) is 24.5 Å². The van der Waals surface area contributed by atoms with Gasteiger partial charge in [-0.3, -0.25) is 0 Å². The fourth-order valence-electron chi connectivity index (χ4n) is 2.91. The summed E-state index contributed by atoms with van der Waals surface area (Å²) in [7, 11) is 3.37. The molecule has 2 aromatic carbocycles. The minimum Gasteiger partial charge on any atom is -0.497 e. The van der Waals surface area contributed by atoms with E-state index in [2.05, 4.69) is 36.1 Å². The molecule has 0 saturated heterocycles. The van der Waals surface area contributed by atoms with Gasteiger partial charge in [-0.15, -0.1) is 0 Å². The number of methoxy groups -OCH3 is 2. The van der Waals surface area contributed by atoms with Gasteiger partial charge in [0.15, 0.2) is 0 Å². The van der Waals surface area contributed by atoms with Crippen LogP contribution in [0.4, 0.5) is 0 Å². The van der Waals surface area contributed by atoms with Gasteiger partial charge >= 0.3 is 0 Å². The fourth-order valence-corrected chi connectivity index (χ4v) is 3.11. The Hall–Kier alpha value is -1.71. The zero-order valence-electron chi connectivity index (χ0n) is 15.4. The predicted octanol–water partition coefficient (Wildman–Crippen LogP) is 4.85. The van der Waals surface area contributed by atoms with Crippen LogP contribution in [0.5, 0.6) is 11.5 Å². The maximum absolute atomic E-state index is 6.11. The number of rotatable bonds is 10. The summed E-state index contributed by atoms with van der Waals surface area (Å²) in [5, 5.41) is 0.662. The van der Waals surface area contributed by atoms with Gasteiger partial charge in [0, 0.05) is 13.1 Å². The molecule has 0 aliphatic heterocycles. The van der Waals surface area contributed by atoms with Gasteiger partial charge in [-0.1, -0.05) is 36.7 Å². The van der Waals surface area contributed by atoms with Gasteiger partial charge in [0.2, 0.25) is 0 Å². The summed E-state index contributed by atoms with van der Waals surface area (Å²) in [6, 6.07) is 14.4. The van der Waals surface area contributed by atoms with Crippen LogP contribution < -0.4 is 9.47 Å². The van der Waals surface area contributed by atoms with Crippen molar-refractivity contribution in [3.8, 4) is 11.5 Å². The average molecular weight is 362 g/mol. The molecule has 25 heavy (non-hydrogen) atoms. The monoisotopic (exact) mass is 361 g/mol. The lowest BCUT2D eigenvalue weighted by molar-refractivity contribution is 0.280. The van der Waals surface area contributed by atoms with Crippen LogP contribution in [-0.2, 0) is 12.8 Å². The molecule has 3 nitrogen and oxygen atoms in total. The Morgan fingerprint density at radius 3 is 2.24 bits per heavy atom. The number of nitrogens with zero attached hydrogens (tertiary/aromatic N) is 1. The second-order valence-electron chi connectivity index (χ2n) is 6.16. The first-order valence-corrected chi connectivity index (χ1v) is 9.21. The Kier molecular flexibility index (Phi) is 8.10. The minimum atomic E-state index is 0.662. The highest BCUT2D eigenvalue weighted by Crippen LogP contribution is 2.25. The molecule has 0 heterocycles. The number of hydrogen-bond acceptors (Lipinski definition) is 3. The Bertz CT molecular complexity index is 660. The van der Waals surface area contributed by atoms with Crippen LogP contribution in [-0.4, -0.2) is 38.8 Å². The second kappa shape index (κ2) is 10.3. The van der Waals surface area contributed by atoms with E-state index in [4.69, 9.17) is 21.1 Å². The molecular formula is C21H28ClNO2. The van der Waals surface area contributed by atoms with Crippen molar-refractivity contribution in [3.05, 3.63) is 58.6 Å². The van der Waals surface area contributed by atoms with E-state index in [-0.39, 0.29) is 0 Å². The molecule has 0 N–H and O–H groups in total. The van der Waals surface area contributed by atoms with Crippen molar-refractivity contribution in [2.45, 2.75) is 26.2 Å². The summed E-state index contributed by atoms with van der Waals surface area (Å²) >= 11 is 6.11. The number of ether oxygens (including phenoxy) is 2. The molecule has 4 heteroatoms. The molecule has 0 amide bonds. The normalized spacial score (nSPS) is 10.9. The van der Waals surface area contributed by atoms with Gasteiger partial charge < -0.3 is 14.4 Å². The maximum Gasteiger partial charge on any atom is 0.137 e. The van der Waals surface area contributed by atoms with E-state index in [1.165, 1.54) is 11.1 Å². The summed E-state index contributed by atoms with van der Waals surface area (Å²) in [5.74, 6) is 1.67. The highest BCUT2D eigenvalue weighted by atomic mass is 35.5. The molecule has 2 aromatic rings. The molecule has 0 aliphatic rings. The molecule has 0 radical (unpaired) electrons. The molecule has 2 rings (SSSR count). The van der Waals surface area contributed by atoms with E-state index >= 15 is 0 Å². The van der Waals surface area contributed by atoms with Crippen LogP contribution in [0.3, 0.4) is 0 Å². The van der Waals surface area contributed by atoms with Crippen molar-refractivity contribution >= 4 is 11.6 Å². The molecule has 0 unspecified atom stereocenters. The smallest absolute Gasteiger partial charge is 0.137 e. The van der Waals surface area contributed by atoms with Crippen LogP contribution >= 0.6 is 11.6 Å². The van der Waals surface area contributed by atoms with E-state index in [1.54, 1.807) is 14.2 Å². The lowest BCUT2D eigenvalue weighted by Gasteiger charge is -2.22. The maximum atomic E-state index is 6.11. The van der Waals surface area contributed by atoms with Gasteiger partial charge in [0.05, 0.1) is 19.2 Å². The fraction of sp³-hybridized carbons (Fsp3) is 0.429. The highest BCUT2D eigenvalue weighted by molar-refractivity contribution is 6.32. The quantitative estimate of drug-likeness (QED) is 0.603. The molecule has 0 fully saturated rings. The first kappa shape index (κ1) is 19.6. The lowest BCUT2D eigenvalue weighted by atomic mass is 10.1. The molecule has 0 aromatic heterocycles. The third-order valence-corrected chi connectivity index (χ3v) is 4.64. The average Bonchev–Trinajstić information content (AvgIpc) is 2.65. The Morgan fingerprint density at radius 1 is 0.880 bits per heavy atom. The van der Waals surface area contributed by atoms with Crippen molar-refractivity contribution in [1.82, 2.24) is 4.90 Å². The van der Waals surface area contributed by atoms with Crippen molar-refractivity contribution < 1.29 is 9.47 Å². The lowest BCUT2D eigenvalue weighted by Crippen LogP contribution is -2.29. The Morgan fingerprint density at radius 2 is 1.60 bits per heavy atom. The van der Waals surface area contributed by atoms with Crippen molar-refractivity contribution in [3.63, 3.8) is 0 Å². The summed E-state index contributed by atoms with van der Waals surface area (Å²) < 4.78 is 10.6. The predicted molar refractivity (Wildman–Crippen MR) is 105 cm³/mol. The number of hydrogen-bond donors (Lipinski definition) is 0. The molecule has 0 atom stereocenters. The molecule has 0 bridgehead atoms. The van der Waals surface area contributed by atoms with E-state index < -0.39 is 0 Å². The zero-order chi connectivity index (χ0) is 18.1. The van der Waals surface area contributed by atoms with Crippen LogP contribution in [0.25, 0.3) is 0 Å². The molecule has 0 spiro atoms. The third kappa shape index (κ3) is 6.26. The Labute approximate surface area is 156 Å². The first-order chi connectivity index (χ1) is 12.2. The summed E-state index contributed by atoms with van der Waals surface area (Å²) in [5.41, 5.74) is 2.57. The van der Waals surface area contributed by atoms with E-state index in [1.807, 2.05) is 18.2 Å². The molecule has 0 aliphatic carbocycles. The van der Waals surface area contributed by atoms with Gasteiger partial charge in [-0.25, -0.2) is 0 Å². The van der Waals surface area contributed by atoms with Gasteiger partial charge in [0.1, 0.15) is 11.5 Å². The van der Waals surface area contributed by atoms with Crippen LogP contribution in [0, 0.1) is 0 Å². The second-order valence-corrected chi connectivity index (χ2v) is 6.57. The standard InChI is InChI=1S/C21H28ClNO2/c1-4-12-23(13-10-17-6-5-7-19(15-17)24-2)14-11-18-8-9-20(22)21(16-18)25-3/h5-9,15-16H,4,10-14H2,1-3H3. The number of halogens is 1. The zero-order valence-corrected chi connectivity index (χ0v) is 16.2. The molecule has 136 valence electrons. The SMILES string of the molecule is CCCN(CCc1cccc(OC)c1)CCc1ccc(Cl)c(OC)c1. The molecule has 0 saturated carbocycles. The first-order valence-electron chi connectivity index (χ1n) is 8.84. The van der Waals surface area contributed by atoms with Crippen LogP contribution in [0.15, 0.2) is 42.5 Å². The highest BCUT2D eigenvalue weighted by Gasteiger charge is 2.07. The summed E-state index contributed by atoms with van der Waals surface area (Å²) in [6.07, 6.45) is 3.18. The van der Waals surface area contributed by atoms with E-state index in [9.17, 15) is 0 Å². The number of benzene rings is 2. The van der Waals surface area contributed by atoms with Crippen molar-refractivity contribution in [2.24, 2.45) is 0 Å². The van der Waals surface area contributed by atoms with E-state index in [0.717, 1.165) is 50.4 Å². The van der Waals surface area contributed by atoms with Crippen LogP contribution in [0.2, 0.25) is 5.02 Å². The van der Waals surface area contributed by atoms with E-state index in [0.29, 0.717) is 5.02 Å². The molecular weight excluding hydrogens is 334 g/mol. The van der Waals surface area contributed by atoms with Gasteiger partial charge in [-0.2, -0.15) is 0 Å². The largest absolute Gasteiger partial charge is 0.497 e. The van der Waals surface area contributed by atoms with Gasteiger partial charge in [0.25, 0.3) is 0 Å². The Balaban J connectivity index is 1.91. The third-order valence-electron chi connectivity index (χ3n) is 4.32. The van der Waals surface area contributed by atoms with Gasteiger partial charge in [-0.05, 0) is 61.2 Å². The minimum absolute atomic E-state index is 0.662.